The smallest absolute Gasteiger partial charge is 0.243 e. The third-order valence-corrected chi connectivity index (χ3v) is 7.95. The van der Waals surface area contributed by atoms with Crippen molar-refractivity contribution >= 4 is 33.2 Å². The quantitative estimate of drug-likeness (QED) is 0.731. The fourth-order valence-electron chi connectivity index (χ4n) is 4.72. The molecular formula is C23H27N3O4S. The van der Waals surface area contributed by atoms with Gasteiger partial charge in [0.15, 0.2) is 0 Å². The van der Waals surface area contributed by atoms with Crippen molar-refractivity contribution < 1.29 is 18.0 Å². The van der Waals surface area contributed by atoms with E-state index in [4.69, 9.17) is 0 Å². The van der Waals surface area contributed by atoms with Gasteiger partial charge >= 0.3 is 0 Å². The van der Waals surface area contributed by atoms with Crippen molar-refractivity contribution in [1.82, 2.24) is 4.31 Å². The Bertz CT molecular complexity index is 1160. The summed E-state index contributed by atoms with van der Waals surface area (Å²) in [6, 6.07) is 12.5. The van der Waals surface area contributed by atoms with Gasteiger partial charge in [-0.05, 0) is 62.1 Å². The number of hydrogen-bond acceptors (Lipinski definition) is 4. The van der Waals surface area contributed by atoms with Gasteiger partial charge in [-0.25, -0.2) is 8.42 Å². The molecule has 2 aliphatic heterocycles. The van der Waals surface area contributed by atoms with Crippen molar-refractivity contribution in [3.05, 3.63) is 53.6 Å². The molecule has 0 radical (unpaired) electrons. The zero-order valence-electron chi connectivity index (χ0n) is 18.2. The highest BCUT2D eigenvalue weighted by Crippen LogP contribution is 2.35. The van der Waals surface area contributed by atoms with Gasteiger partial charge in [0.2, 0.25) is 21.8 Å². The summed E-state index contributed by atoms with van der Waals surface area (Å²) < 4.78 is 27.5. The van der Waals surface area contributed by atoms with Crippen molar-refractivity contribution in [2.45, 2.75) is 50.6 Å². The van der Waals surface area contributed by atoms with Crippen LogP contribution < -0.4 is 9.80 Å². The maximum Gasteiger partial charge on any atom is 0.243 e. The minimum absolute atomic E-state index is 0.0125. The monoisotopic (exact) mass is 441 g/mol. The van der Waals surface area contributed by atoms with E-state index in [-0.39, 0.29) is 35.3 Å². The average molecular weight is 442 g/mol. The summed E-state index contributed by atoms with van der Waals surface area (Å²) >= 11 is 0. The largest absolute Gasteiger partial charge is 0.309 e. The Hall–Kier alpha value is -2.71. The van der Waals surface area contributed by atoms with E-state index in [1.54, 1.807) is 21.9 Å². The van der Waals surface area contributed by atoms with Gasteiger partial charge < -0.3 is 9.80 Å². The first-order chi connectivity index (χ1) is 14.6. The number of para-hydroxylation sites is 1. The highest BCUT2D eigenvalue weighted by atomic mass is 32.2. The molecule has 2 aromatic carbocycles. The number of anilines is 2. The van der Waals surface area contributed by atoms with Gasteiger partial charge in [0, 0.05) is 37.4 Å². The molecule has 164 valence electrons. The molecule has 0 saturated carbocycles. The van der Waals surface area contributed by atoms with Crippen LogP contribution in [0.4, 0.5) is 11.4 Å². The number of likely N-dealkylation sites (N-methyl/N-ethyl adjacent to an activating group) is 1. The summed E-state index contributed by atoms with van der Waals surface area (Å²) in [6.07, 6.45) is 1.36. The summed E-state index contributed by atoms with van der Waals surface area (Å²) in [5, 5.41) is 0. The number of fused-ring (bicyclic) bond motifs is 2. The Labute approximate surface area is 183 Å². The average Bonchev–Trinajstić information content (AvgIpc) is 3.21. The highest BCUT2D eigenvalue weighted by Gasteiger charge is 2.34. The lowest BCUT2D eigenvalue weighted by Crippen LogP contribution is -2.43. The van der Waals surface area contributed by atoms with E-state index in [2.05, 4.69) is 0 Å². The zero-order valence-corrected chi connectivity index (χ0v) is 19.0. The van der Waals surface area contributed by atoms with Crippen LogP contribution in [0.25, 0.3) is 0 Å². The molecule has 4 rings (SSSR count). The molecule has 0 spiro atoms. The second-order valence-corrected chi connectivity index (χ2v) is 10.5. The van der Waals surface area contributed by atoms with E-state index in [9.17, 15) is 18.0 Å². The lowest BCUT2D eigenvalue weighted by atomic mass is 10.1. The normalized spacial score (nSPS) is 20.2. The number of amides is 2. The van der Waals surface area contributed by atoms with Crippen molar-refractivity contribution in [1.29, 1.82) is 0 Å². The zero-order chi connectivity index (χ0) is 22.5. The Morgan fingerprint density at radius 1 is 0.968 bits per heavy atom. The molecule has 0 saturated heterocycles. The van der Waals surface area contributed by atoms with Crippen LogP contribution in [-0.2, 0) is 32.5 Å². The second kappa shape index (κ2) is 7.76. The van der Waals surface area contributed by atoms with E-state index in [0.29, 0.717) is 6.42 Å². The van der Waals surface area contributed by atoms with Crippen LogP contribution in [-0.4, -0.2) is 50.2 Å². The molecule has 2 atom stereocenters. The van der Waals surface area contributed by atoms with Gasteiger partial charge in [-0.15, -0.1) is 0 Å². The fourth-order valence-corrected chi connectivity index (χ4v) is 5.90. The van der Waals surface area contributed by atoms with E-state index in [1.165, 1.54) is 20.0 Å². The van der Waals surface area contributed by atoms with Crippen LogP contribution in [0.3, 0.4) is 0 Å². The third kappa shape index (κ3) is 3.64. The molecule has 2 aliphatic rings. The van der Waals surface area contributed by atoms with Gasteiger partial charge in [0.1, 0.15) is 0 Å². The Kier molecular flexibility index (Phi) is 5.39. The van der Waals surface area contributed by atoms with Crippen molar-refractivity contribution in [2.75, 3.05) is 23.4 Å². The number of benzene rings is 2. The standard InChI is InChI=1S/C23H27N3O4S/c1-15-12-19-13-20(9-10-22(19)25(15)17(3)27)31(29,30)24(4)14-23(28)26-16(2)11-18-7-5-6-8-21(18)26/h5-10,13,15-16H,11-12,14H2,1-4H3/t15-,16-/m1/s1. The van der Waals surface area contributed by atoms with Gasteiger partial charge in [-0.3, -0.25) is 9.59 Å². The summed E-state index contributed by atoms with van der Waals surface area (Å²) in [4.78, 5) is 28.5. The van der Waals surface area contributed by atoms with E-state index < -0.39 is 10.0 Å². The Morgan fingerprint density at radius 3 is 2.29 bits per heavy atom. The lowest BCUT2D eigenvalue weighted by molar-refractivity contribution is -0.119. The van der Waals surface area contributed by atoms with Crippen molar-refractivity contribution in [3.63, 3.8) is 0 Å². The van der Waals surface area contributed by atoms with Crippen LogP contribution in [0.5, 0.6) is 0 Å². The maximum atomic E-state index is 13.2. The number of carbonyl (C=O) groups excluding carboxylic acids is 2. The van der Waals surface area contributed by atoms with E-state index in [0.717, 1.165) is 33.2 Å². The Balaban J connectivity index is 1.56. The van der Waals surface area contributed by atoms with Crippen molar-refractivity contribution in [2.24, 2.45) is 0 Å². The topological polar surface area (TPSA) is 78.0 Å². The van der Waals surface area contributed by atoms with Gasteiger partial charge in [0.25, 0.3) is 0 Å². The SMILES string of the molecule is CC(=O)N1c2ccc(S(=O)(=O)N(C)CC(=O)N3c4ccccc4C[C@H]3C)cc2C[C@H]1C. The van der Waals surface area contributed by atoms with Crippen molar-refractivity contribution in [3.8, 4) is 0 Å². The summed E-state index contributed by atoms with van der Waals surface area (Å²) in [6.45, 7) is 5.17. The second-order valence-electron chi connectivity index (χ2n) is 8.44. The van der Waals surface area contributed by atoms with Crippen LogP contribution in [0.1, 0.15) is 31.9 Å². The van der Waals surface area contributed by atoms with E-state index in [1.807, 2.05) is 38.1 Å². The summed E-state index contributed by atoms with van der Waals surface area (Å²) in [5.74, 6) is -0.314. The fraction of sp³-hybridized carbons (Fsp3) is 0.391. The molecule has 0 fully saturated rings. The molecular weight excluding hydrogens is 414 g/mol. The van der Waals surface area contributed by atoms with E-state index >= 15 is 0 Å². The summed E-state index contributed by atoms with van der Waals surface area (Å²) in [5.41, 5.74) is 3.52. The van der Waals surface area contributed by atoms with Crippen LogP contribution in [0, 0.1) is 0 Å². The number of sulfonamides is 1. The first-order valence-electron chi connectivity index (χ1n) is 10.4. The predicted octanol–water partition coefficient (Wildman–Crippen LogP) is 2.58. The molecule has 0 unspecified atom stereocenters. The highest BCUT2D eigenvalue weighted by molar-refractivity contribution is 7.89. The number of nitrogens with zero attached hydrogens (tertiary/aromatic N) is 3. The maximum absolute atomic E-state index is 13.2. The molecule has 7 nitrogen and oxygen atoms in total. The first-order valence-corrected chi connectivity index (χ1v) is 11.8. The first kappa shape index (κ1) is 21.5. The Morgan fingerprint density at radius 2 is 1.58 bits per heavy atom. The van der Waals surface area contributed by atoms with Crippen LogP contribution >= 0.6 is 0 Å². The van der Waals surface area contributed by atoms with Crippen LogP contribution in [0.15, 0.2) is 47.4 Å². The molecule has 0 bridgehead atoms. The molecule has 31 heavy (non-hydrogen) atoms. The molecule has 2 amide bonds. The molecule has 2 aromatic rings. The van der Waals surface area contributed by atoms with Gasteiger partial charge in [-0.2, -0.15) is 4.31 Å². The predicted molar refractivity (Wildman–Crippen MR) is 120 cm³/mol. The molecule has 2 heterocycles. The molecule has 0 aromatic heterocycles. The molecule has 0 aliphatic carbocycles. The number of hydrogen-bond donors (Lipinski definition) is 0. The van der Waals surface area contributed by atoms with Crippen LogP contribution in [0.2, 0.25) is 0 Å². The van der Waals surface area contributed by atoms with Gasteiger partial charge in [0.05, 0.1) is 11.4 Å². The minimum atomic E-state index is -3.85. The third-order valence-electron chi connectivity index (χ3n) is 6.15. The molecule has 8 heteroatoms. The summed E-state index contributed by atoms with van der Waals surface area (Å²) in [7, 11) is -2.42. The lowest BCUT2D eigenvalue weighted by Gasteiger charge is -2.26. The molecule has 0 N–H and O–H groups in total. The number of rotatable bonds is 4. The number of carbonyl (C=O) groups is 2. The van der Waals surface area contributed by atoms with Gasteiger partial charge in [-0.1, -0.05) is 18.2 Å². The minimum Gasteiger partial charge on any atom is -0.309 e.